The topological polar surface area (TPSA) is 50.9 Å². The van der Waals surface area contributed by atoms with Gasteiger partial charge in [-0.2, -0.15) is 0 Å². The number of hydrogen-bond donors (Lipinski definition) is 2. The Balaban J connectivity index is 1.82. The van der Waals surface area contributed by atoms with Gasteiger partial charge in [-0.25, -0.2) is 0 Å². The molecule has 1 aliphatic rings. The summed E-state index contributed by atoms with van der Waals surface area (Å²) in [5.41, 5.74) is 9.21. The summed E-state index contributed by atoms with van der Waals surface area (Å²) in [7, 11) is 0. The fourth-order valence-corrected chi connectivity index (χ4v) is 3.24. The number of pyridine rings is 1. The van der Waals surface area contributed by atoms with Gasteiger partial charge in [0, 0.05) is 23.8 Å². The van der Waals surface area contributed by atoms with Crippen LogP contribution in [-0.4, -0.2) is 11.5 Å². The van der Waals surface area contributed by atoms with Gasteiger partial charge in [-0.3, -0.25) is 4.98 Å². The first kappa shape index (κ1) is 13.2. The molecular weight excluding hydrogens is 246 g/mol. The molecule has 0 spiro atoms. The van der Waals surface area contributed by atoms with E-state index in [2.05, 4.69) is 23.3 Å². The van der Waals surface area contributed by atoms with Crippen molar-refractivity contribution in [3.8, 4) is 0 Å². The molecule has 0 aliphatic heterocycles. The van der Waals surface area contributed by atoms with Gasteiger partial charge in [-0.05, 0) is 30.4 Å². The smallest absolute Gasteiger partial charge is 0.0951 e. The van der Waals surface area contributed by atoms with Crippen molar-refractivity contribution in [2.45, 2.75) is 39.0 Å². The van der Waals surface area contributed by atoms with Gasteiger partial charge >= 0.3 is 0 Å². The minimum absolute atomic E-state index is 0.425. The lowest BCUT2D eigenvalue weighted by Gasteiger charge is -2.34. The van der Waals surface area contributed by atoms with Crippen molar-refractivity contribution >= 4 is 22.3 Å². The maximum Gasteiger partial charge on any atom is 0.0951 e. The zero-order valence-corrected chi connectivity index (χ0v) is 12.2. The van der Waals surface area contributed by atoms with Crippen molar-refractivity contribution in [1.82, 2.24) is 4.98 Å². The summed E-state index contributed by atoms with van der Waals surface area (Å²) in [6, 6.07) is 8.03. The highest BCUT2D eigenvalue weighted by atomic mass is 14.9. The maximum atomic E-state index is 6.00. The second-order valence-electron chi connectivity index (χ2n) is 6.33. The second kappa shape index (κ2) is 5.31. The third-order valence-electron chi connectivity index (χ3n) is 4.57. The van der Waals surface area contributed by atoms with Gasteiger partial charge < -0.3 is 11.1 Å². The van der Waals surface area contributed by atoms with Crippen LogP contribution < -0.4 is 11.1 Å². The molecule has 0 radical (unpaired) electrons. The van der Waals surface area contributed by atoms with E-state index in [4.69, 9.17) is 5.73 Å². The standard InChI is InChI=1S/C17H23N3/c1-17(9-3-2-4-10-17)12-20-15-8-11-19-16-13(15)6-5-7-14(16)18/h5-8,11H,2-4,9-10,12,18H2,1H3,(H,19,20). The second-order valence-corrected chi connectivity index (χ2v) is 6.33. The molecule has 1 aromatic heterocycles. The van der Waals surface area contributed by atoms with E-state index in [1.54, 1.807) is 0 Å². The van der Waals surface area contributed by atoms with E-state index in [1.165, 1.54) is 32.1 Å². The molecule has 1 fully saturated rings. The van der Waals surface area contributed by atoms with E-state index < -0.39 is 0 Å². The third kappa shape index (κ3) is 2.58. The van der Waals surface area contributed by atoms with Gasteiger partial charge in [0.05, 0.1) is 11.2 Å². The number of fused-ring (bicyclic) bond motifs is 1. The van der Waals surface area contributed by atoms with Crippen LogP contribution in [0.1, 0.15) is 39.0 Å². The first-order valence-electron chi connectivity index (χ1n) is 7.55. The Morgan fingerprint density at radius 1 is 1.20 bits per heavy atom. The number of rotatable bonds is 3. The number of hydrogen-bond acceptors (Lipinski definition) is 3. The molecule has 3 nitrogen and oxygen atoms in total. The summed E-state index contributed by atoms with van der Waals surface area (Å²) in [6.07, 6.45) is 8.61. The molecule has 106 valence electrons. The average molecular weight is 269 g/mol. The van der Waals surface area contributed by atoms with E-state index >= 15 is 0 Å². The van der Waals surface area contributed by atoms with Gasteiger partial charge in [0.15, 0.2) is 0 Å². The fourth-order valence-electron chi connectivity index (χ4n) is 3.24. The largest absolute Gasteiger partial charge is 0.397 e. The molecule has 0 bridgehead atoms. The van der Waals surface area contributed by atoms with Crippen LogP contribution in [0.25, 0.3) is 10.9 Å². The van der Waals surface area contributed by atoms with Crippen LogP contribution in [0.4, 0.5) is 11.4 Å². The molecule has 0 atom stereocenters. The first-order chi connectivity index (χ1) is 9.68. The lowest BCUT2D eigenvalue weighted by atomic mass is 9.75. The van der Waals surface area contributed by atoms with Crippen molar-refractivity contribution in [1.29, 1.82) is 0 Å². The molecule has 3 heteroatoms. The van der Waals surface area contributed by atoms with Gasteiger partial charge in [0.1, 0.15) is 0 Å². The number of nitrogen functional groups attached to an aromatic ring is 1. The minimum Gasteiger partial charge on any atom is -0.397 e. The summed E-state index contributed by atoms with van der Waals surface area (Å²) < 4.78 is 0. The van der Waals surface area contributed by atoms with Gasteiger partial charge in [0.25, 0.3) is 0 Å². The van der Waals surface area contributed by atoms with Crippen LogP contribution in [0.2, 0.25) is 0 Å². The highest BCUT2D eigenvalue weighted by Crippen LogP contribution is 2.36. The molecule has 1 saturated carbocycles. The lowest BCUT2D eigenvalue weighted by molar-refractivity contribution is 0.233. The van der Waals surface area contributed by atoms with Crippen molar-refractivity contribution in [2.75, 3.05) is 17.6 Å². The van der Waals surface area contributed by atoms with E-state index in [-0.39, 0.29) is 0 Å². The number of aromatic nitrogens is 1. The molecule has 20 heavy (non-hydrogen) atoms. The summed E-state index contributed by atoms with van der Waals surface area (Å²) >= 11 is 0. The average Bonchev–Trinajstić information content (AvgIpc) is 2.47. The number of nitrogens with zero attached hydrogens (tertiary/aromatic N) is 1. The van der Waals surface area contributed by atoms with Crippen molar-refractivity contribution in [2.24, 2.45) is 5.41 Å². The van der Waals surface area contributed by atoms with E-state index in [9.17, 15) is 0 Å². The molecule has 0 unspecified atom stereocenters. The Morgan fingerprint density at radius 3 is 2.80 bits per heavy atom. The predicted octanol–water partition coefficient (Wildman–Crippen LogP) is 4.20. The highest BCUT2D eigenvalue weighted by molar-refractivity contribution is 5.97. The Morgan fingerprint density at radius 2 is 2.00 bits per heavy atom. The van der Waals surface area contributed by atoms with Crippen LogP contribution in [0, 0.1) is 5.41 Å². The molecule has 0 saturated heterocycles. The van der Waals surface area contributed by atoms with Gasteiger partial charge in [-0.15, -0.1) is 0 Å². The molecule has 0 amide bonds. The summed E-state index contributed by atoms with van der Waals surface area (Å²) in [5, 5.41) is 4.75. The Bertz CT molecular complexity index is 600. The van der Waals surface area contributed by atoms with Gasteiger partial charge in [0.2, 0.25) is 0 Å². The molecule has 1 aromatic carbocycles. The van der Waals surface area contributed by atoms with Crippen LogP contribution in [0.3, 0.4) is 0 Å². The zero-order valence-electron chi connectivity index (χ0n) is 12.2. The fraction of sp³-hybridized carbons (Fsp3) is 0.471. The predicted molar refractivity (Wildman–Crippen MR) is 85.8 cm³/mol. The number of anilines is 2. The first-order valence-corrected chi connectivity index (χ1v) is 7.55. The van der Waals surface area contributed by atoms with Crippen LogP contribution >= 0.6 is 0 Å². The van der Waals surface area contributed by atoms with Crippen molar-refractivity contribution < 1.29 is 0 Å². The molecule has 2 aromatic rings. The number of nitrogens with two attached hydrogens (primary N) is 1. The Kier molecular flexibility index (Phi) is 3.51. The number of nitrogens with one attached hydrogen (secondary N) is 1. The van der Waals surface area contributed by atoms with E-state index in [1.807, 2.05) is 24.4 Å². The molecule has 3 rings (SSSR count). The Labute approximate surface area is 120 Å². The summed E-state index contributed by atoms with van der Waals surface area (Å²) in [4.78, 5) is 4.39. The molecule has 1 aliphatic carbocycles. The number of para-hydroxylation sites is 1. The van der Waals surface area contributed by atoms with Gasteiger partial charge in [-0.1, -0.05) is 38.3 Å². The monoisotopic (exact) mass is 269 g/mol. The van der Waals surface area contributed by atoms with Crippen LogP contribution in [-0.2, 0) is 0 Å². The lowest BCUT2D eigenvalue weighted by Crippen LogP contribution is -2.28. The van der Waals surface area contributed by atoms with E-state index in [0.29, 0.717) is 5.41 Å². The SMILES string of the molecule is CC1(CNc2ccnc3c(N)cccc23)CCCCC1. The third-order valence-corrected chi connectivity index (χ3v) is 4.57. The van der Waals surface area contributed by atoms with E-state index in [0.717, 1.165) is 28.8 Å². The molecule has 3 N–H and O–H groups in total. The Hall–Kier alpha value is -1.77. The molecule has 1 heterocycles. The van der Waals surface area contributed by atoms with Crippen LogP contribution in [0.5, 0.6) is 0 Å². The summed E-state index contributed by atoms with van der Waals surface area (Å²) in [6.45, 7) is 3.43. The van der Waals surface area contributed by atoms with Crippen LogP contribution in [0.15, 0.2) is 30.5 Å². The zero-order chi connectivity index (χ0) is 14.0. The van der Waals surface area contributed by atoms with Crippen molar-refractivity contribution in [3.63, 3.8) is 0 Å². The number of benzene rings is 1. The maximum absolute atomic E-state index is 6.00. The normalized spacial score (nSPS) is 18.1. The molecular formula is C17H23N3. The van der Waals surface area contributed by atoms with Crippen molar-refractivity contribution in [3.05, 3.63) is 30.5 Å². The highest BCUT2D eigenvalue weighted by Gasteiger charge is 2.26. The minimum atomic E-state index is 0.425. The quantitative estimate of drug-likeness (QED) is 0.821. The summed E-state index contributed by atoms with van der Waals surface area (Å²) in [5.74, 6) is 0.